The summed E-state index contributed by atoms with van der Waals surface area (Å²) in [6, 6.07) is 0. The quantitative estimate of drug-likeness (QED) is 0.258. The lowest BCUT2D eigenvalue weighted by Crippen LogP contribution is -2.36. The number of carbonyl (C=O) groups is 3. The van der Waals surface area contributed by atoms with Crippen LogP contribution in [0.4, 0.5) is 0 Å². The van der Waals surface area contributed by atoms with Gasteiger partial charge in [0.15, 0.2) is 0 Å². The summed E-state index contributed by atoms with van der Waals surface area (Å²) in [7, 11) is 0. The summed E-state index contributed by atoms with van der Waals surface area (Å²) < 4.78 is 0. The molecular formula is C28H46NO5-. The van der Waals surface area contributed by atoms with Crippen molar-refractivity contribution in [2.75, 3.05) is 6.54 Å². The van der Waals surface area contributed by atoms with Crippen molar-refractivity contribution >= 4 is 17.7 Å². The lowest BCUT2D eigenvalue weighted by Gasteiger charge is -2.29. The molecule has 1 amide bonds. The third-order valence-corrected chi connectivity index (χ3v) is 7.78. The van der Waals surface area contributed by atoms with Gasteiger partial charge in [-0.2, -0.15) is 0 Å². The van der Waals surface area contributed by atoms with Crippen molar-refractivity contribution in [2.45, 2.75) is 116 Å². The van der Waals surface area contributed by atoms with Crippen LogP contribution in [0.5, 0.6) is 0 Å². The van der Waals surface area contributed by atoms with E-state index in [-0.39, 0.29) is 23.7 Å². The number of amides is 1. The number of rotatable bonds is 16. The molecule has 2 fully saturated rings. The van der Waals surface area contributed by atoms with Crippen LogP contribution in [0.1, 0.15) is 110 Å². The fourth-order valence-corrected chi connectivity index (χ4v) is 5.46. The summed E-state index contributed by atoms with van der Waals surface area (Å²) in [5.74, 6) is -0.0830. The van der Waals surface area contributed by atoms with Gasteiger partial charge < -0.3 is 20.3 Å². The highest BCUT2D eigenvalue weighted by atomic mass is 16.4. The molecule has 2 N–H and O–H groups in total. The SMILES string of the molecule is CCCCCC(O)C=CC1CCC(=O)C1CCCCCCC(=O)NCC1CCC(C(=O)[O-])CC1. The van der Waals surface area contributed by atoms with Gasteiger partial charge in [0.2, 0.25) is 5.91 Å². The summed E-state index contributed by atoms with van der Waals surface area (Å²) in [6.45, 7) is 2.80. The average molecular weight is 477 g/mol. The fraction of sp³-hybridized carbons (Fsp3) is 0.821. The Kier molecular flexibility index (Phi) is 13.5. The Balaban J connectivity index is 1.53. The topological polar surface area (TPSA) is 107 Å². The summed E-state index contributed by atoms with van der Waals surface area (Å²) >= 11 is 0. The number of ketones is 1. The molecule has 2 saturated carbocycles. The minimum absolute atomic E-state index is 0.0793. The second-order valence-electron chi connectivity index (χ2n) is 10.5. The predicted molar refractivity (Wildman–Crippen MR) is 132 cm³/mol. The zero-order chi connectivity index (χ0) is 24.8. The van der Waals surface area contributed by atoms with E-state index in [1.807, 2.05) is 6.08 Å². The summed E-state index contributed by atoms with van der Waals surface area (Å²) in [6.07, 6.45) is 17.6. The maximum absolute atomic E-state index is 12.3. The van der Waals surface area contributed by atoms with Gasteiger partial charge in [-0.05, 0) is 69.1 Å². The molecular weight excluding hydrogens is 430 g/mol. The van der Waals surface area contributed by atoms with Gasteiger partial charge in [0.25, 0.3) is 0 Å². The number of hydrogen-bond donors (Lipinski definition) is 2. The number of nitrogens with one attached hydrogen (secondary N) is 1. The van der Waals surface area contributed by atoms with Crippen LogP contribution >= 0.6 is 0 Å². The third kappa shape index (κ3) is 10.7. The van der Waals surface area contributed by atoms with Crippen molar-refractivity contribution in [1.82, 2.24) is 5.32 Å². The van der Waals surface area contributed by atoms with E-state index < -0.39 is 12.1 Å². The van der Waals surface area contributed by atoms with E-state index in [2.05, 4.69) is 18.3 Å². The fourth-order valence-electron chi connectivity index (χ4n) is 5.46. The molecule has 0 saturated heterocycles. The van der Waals surface area contributed by atoms with Gasteiger partial charge in [-0.15, -0.1) is 0 Å². The second-order valence-corrected chi connectivity index (χ2v) is 10.5. The lowest BCUT2D eigenvalue weighted by atomic mass is 9.82. The molecule has 0 aromatic heterocycles. The minimum Gasteiger partial charge on any atom is -0.550 e. The molecule has 2 rings (SSSR count). The maximum Gasteiger partial charge on any atom is 0.220 e. The third-order valence-electron chi connectivity index (χ3n) is 7.78. The Morgan fingerprint density at radius 3 is 2.50 bits per heavy atom. The van der Waals surface area contributed by atoms with Crippen LogP contribution in [0.2, 0.25) is 0 Å². The molecule has 0 heterocycles. The van der Waals surface area contributed by atoms with E-state index in [9.17, 15) is 24.6 Å². The lowest BCUT2D eigenvalue weighted by molar-refractivity contribution is -0.312. The van der Waals surface area contributed by atoms with Gasteiger partial charge >= 0.3 is 0 Å². The minimum atomic E-state index is -0.941. The summed E-state index contributed by atoms with van der Waals surface area (Å²) in [5, 5.41) is 24.0. The Hall–Kier alpha value is -1.69. The maximum atomic E-state index is 12.3. The first kappa shape index (κ1) is 28.5. The number of hydrogen-bond acceptors (Lipinski definition) is 5. The van der Waals surface area contributed by atoms with Gasteiger partial charge in [-0.25, -0.2) is 0 Å². The molecule has 6 heteroatoms. The number of aliphatic hydroxyl groups is 1. The molecule has 3 unspecified atom stereocenters. The highest BCUT2D eigenvalue weighted by molar-refractivity contribution is 5.83. The molecule has 3 atom stereocenters. The molecule has 6 nitrogen and oxygen atoms in total. The number of allylic oxidation sites excluding steroid dienone is 1. The molecule has 194 valence electrons. The Labute approximate surface area is 206 Å². The zero-order valence-electron chi connectivity index (χ0n) is 21.1. The molecule has 0 aliphatic heterocycles. The number of aliphatic hydroxyl groups excluding tert-OH is 1. The van der Waals surface area contributed by atoms with E-state index in [4.69, 9.17) is 0 Å². The van der Waals surface area contributed by atoms with Gasteiger partial charge in [0.05, 0.1) is 6.10 Å². The molecule has 0 bridgehead atoms. The number of unbranched alkanes of at least 4 members (excludes halogenated alkanes) is 5. The van der Waals surface area contributed by atoms with Crippen molar-refractivity contribution < 1.29 is 24.6 Å². The number of carboxylic acid groups (broad SMARTS) is 1. The largest absolute Gasteiger partial charge is 0.550 e. The molecule has 0 radical (unpaired) electrons. The van der Waals surface area contributed by atoms with Crippen molar-refractivity contribution in [2.24, 2.45) is 23.7 Å². The molecule has 0 aromatic rings. The normalized spacial score (nSPS) is 26.1. The highest BCUT2D eigenvalue weighted by Crippen LogP contribution is 2.34. The monoisotopic (exact) mass is 476 g/mol. The van der Waals surface area contributed by atoms with Gasteiger partial charge in [-0.3, -0.25) is 9.59 Å². The van der Waals surface area contributed by atoms with Gasteiger partial charge in [0.1, 0.15) is 5.78 Å². The number of carbonyl (C=O) groups excluding carboxylic acids is 3. The smallest absolute Gasteiger partial charge is 0.220 e. The zero-order valence-corrected chi connectivity index (χ0v) is 21.1. The van der Waals surface area contributed by atoms with E-state index in [0.29, 0.717) is 43.9 Å². The van der Waals surface area contributed by atoms with Crippen molar-refractivity contribution in [3.05, 3.63) is 12.2 Å². The van der Waals surface area contributed by atoms with Gasteiger partial charge in [-0.1, -0.05) is 57.6 Å². The van der Waals surface area contributed by atoms with Crippen molar-refractivity contribution in [3.63, 3.8) is 0 Å². The highest BCUT2D eigenvalue weighted by Gasteiger charge is 2.32. The molecule has 2 aliphatic carbocycles. The van der Waals surface area contributed by atoms with Crippen LogP contribution in [-0.4, -0.2) is 35.4 Å². The van der Waals surface area contributed by atoms with Crippen molar-refractivity contribution in [3.8, 4) is 0 Å². The number of Topliss-reactive ketones (excluding diaryl/α,β-unsaturated/α-hetero) is 1. The van der Waals surface area contributed by atoms with Crippen LogP contribution < -0.4 is 10.4 Å². The second kappa shape index (κ2) is 16.1. The van der Waals surface area contributed by atoms with Crippen LogP contribution in [-0.2, 0) is 14.4 Å². The predicted octanol–water partition coefficient (Wildman–Crippen LogP) is 4.09. The first-order valence-electron chi connectivity index (χ1n) is 13.8. The van der Waals surface area contributed by atoms with E-state index >= 15 is 0 Å². The Bertz CT molecular complexity index is 653. The molecule has 0 aromatic carbocycles. The first-order chi connectivity index (χ1) is 16.4. The number of carboxylic acids is 1. The Morgan fingerprint density at radius 2 is 1.79 bits per heavy atom. The average Bonchev–Trinajstić information content (AvgIpc) is 3.18. The molecule has 34 heavy (non-hydrogen) atoms. The van der Waals surface area contributed by atoms with Crippen LogP contribution in [0, 0.1) is 23.7 Å². The number of aliphatic carboxylic acids is 1. The van der Waals surface area contributed by atoms with Crippen LogP contribution in [0.25, 0.3) is 0 Å². The van der Waals surface area contributed by atoms with Crippen LogP contribution in [0.3, 0.4) is 0 Å². The van der Waals surface area contributed by atoms with E-state index in [1.165, 1.54) is 0 Å². The summed E-state index contributed by atoms with van der Waals surface area (Å²) in [5.41, 5.74) is 0. The van der Waals surface area contributed by atoms with E-state index in [1.54, 1.807) is 0 Å². The van der Waals surface area contributed by atoms with Crippen LogP contribution in [0.15, 0.2) is 12.2 Å². The van der Waals surface area contributed by atoms with E-state index in [0.717, 1.165) is 77.0 Å². The summed E-state index contributed by atoms with van der Waals surface area (Å²) in [4.78, 5) is 35.3. The van der Waals surface area contributed by atoms with Gasteiger partial charge in [0, 0.05) is 31.3 Å². The molecule has 0 spiro atoms. The van der Waals surface area contributed by atoms with Crippen molar-refractivity contribution in [1.29, 1.82) is 0 Å². The molecule has 2 aliphatic rings. The standard InChI is InChI=1S/C28H47NO5/c1-2-3-6-9-24(30)18-16-22-17-19-26(31)25(22)10-7-4-5-8-11-27(32)29-20-21-12-14-23(15-13-21)28(33)34/h16,18,21-25,30H,2-15,17,19-20H2,1H3,(H,29,32)(H,33,34)/p-1. The Morgan fingerprint density at radius 1 is 1.06 bits per heavy atom. The first-order valence-corrected chi connectivity index (χ1v) is 13.8.